The molecule has 0 spiro atoms. The minimum Gasteiger partial charge on any atom is -0.380 e. The SMILES string of the molecule is O=C(CCCn1cccc1)N1CCC(O)(C(F)(F)F)CC1. The van der Waals surface area contributed by atoms with Crippen LogP contribution in [0, 0.1) is 0 Å². The van der Waals surface area contributed by atoms with Gasteiger partial charge in [0.25, 0.3) is 0 Å². The van der Waals surface area contributed by atoms with Crippen molar-refractivity contribution in [3.8, 4) is 0 Å². The molecule has 0 atom stereocenters. The lowest BCUT2D eigenvalue weighted by molar-refractivity contribution is -0.272. The summed E-state index contributed by atoms with van der Waals surface area (Å²) in [6, 6.07) is 3.79. The number of carbonyl (C=O) groups is 1. The zero-order valence-electron chi connectivity index (χ0n) is 11.6. The first-order valence-electron chi connectivity index (χ1n) is 6.99. The lowest BCUT2D eigenvalue weighted by atomic mass is 9.90. The lowest BCUT2D eigenvalue weighted by Crippen LogP contribution is -2.54. The summed E-state index contributed by atoms with van der Waals surface area (Å²) in [5, 5.41) is 9.54. The van der Waals surface area contributed by atoms with Crippen LogP contribution in [0.2, 0.25) is 0 Å². The summed E-state index contributed by atoms with van der Waals surface area (Å²) >= 11 is 0. The molecule has 0 aromatic carbocycles. The predicted molar refractivity (Wildman–Crippen MR) is 70.5 cm³/mol. The summed E-state index contributed by atoms with van der Waals surface area (Å²) in [7, 11) is 0. The molecule has 118 valence electrons. The van der Waals surface area contributed by atoms with E-state index in [0.29, 0.717) is 19.4 Å². The molecule has 1 aromatic rings. The number of halogens is 3. The first-order valence-corrected chi connectivity index (χ1v) is 6.99. The maximum absolute atomic E-state index is 12.7. The van der Waals surface area contributed by atoms with Crippen molar-refractivity contribution in [3.05, 3.63) is 24.5 Å². The number of aliphatic hydroxyl groups is 1. The fourth-order valence-corrected chi connectivity index (χ4v) is 2.50. The van der Waals surface area contributed by atoms with Crippen molar-refractivity contribution in [1.82, 2.24) is 9.47 Å². The molecule has 0 radical (unpaired) electrons. The number of carbonyl (C=O) groups excluding carboxylic acids is 1. The third-order valence-corrected chi connectivity index (χ3v) is 3.94. The van der Waals surface area contributed by atoms with E-state index in [0.717, 1.165) is 0 Å². The van der Waals surface area contributed by atoms with E-state index in [1.54, 1.807) is 0 Å². The number of likely N-dealkylation sites (tertiary alicyclic amines) is 1. The van der Waals surface area contributed by atoms with E-state index in [-0.39, 0.29) is 19.0 Å². The predicted octanol–water partition coefficient (Wildman–Crippen LogP) is 2.18. The first kappa shape index (κ1) is 15.9. The van der Waals surface area contributed by atoms with E-state index in [4.69, 9.17) is 0 Å². The second-order valence-electron chi connectivity index (χ2n) is 5.43. The summed E-state index contributed by atoms with van der Waals surface area (Å²) < 4.78 is 39.9. The van der Waals surface area contributed by atoms with Crippen molar-refractivity contribution in [2.45, 2.75) is 44.0 Å². The van der Waals surface area contributed by atoms with Crippen LogP contribution in [-0.2, 0) is 11.3 Å². The van der Waals surface area contributed by atoms with Gasteiger partial charge in [0.15, 0.2) is 5.60 Å². The van der Waals surface area contributed by atoms with Gasteiger partial charge in [0.1, 0.15) is 0 Å². The van der Waals surface area contributed by atoms with Crippen molar-refractivity contribution < 1.29 is 23.1 Å². The van der Waals surface area contributed by atoms with Gasteiger partial charge in [0.05, 0.1) is 0 Å². The van der Waals surface area contributed by atoms with Crippen LogP contribution in [0.25, 0.3) is 0 Å². The minimum absolute atomic E-state index is 0.0433. The zero-order valence-corrected chi connectivity index (χ0v) is 11.6. The summed E-state index contributed by atoms with van der Waals surface area (Å²) in [5.74, 6) is -0.147. The monoisotopic (exact) mass is 304 g/mol. The molecule has 2 heterocycles. The molecule has 1 fully saturated rings. The molecule has 4 nitrogen and oxygen atoms in total. The minimum atomic E-state index is -4.63. The lowest BCUT2D eigenvalue weighted by Gasteiger charge is -2.39. The molecule has 21 heavy (non-hydrogen) atoms. The van der Waals surface area contributed by atoms with Gasteiger partial charge in [0.2, 0.25) is 5.91 Å². The molecular weight excluding hydrogens is 285 g/mol. The van der Waals surface area contributed by atoms with Crippen molar-refractivity contribution in [2.75, 3.05) is 13.1 Å². The van der Waals surface area contributed by atoms with Gasteiger partial charge in [-0.1, -0.05) is 0 Å². The van der Waals surface area contributed by atoms with Gasteiger partial charge in [-0.25, -0.2) is 0 Å². The maximum atomic E-state index is 12.7. The second-order valence-corrected chi connectivity index (χ2v) is 5.43. The quantitative estimate of drug-likeness (QED) is 0.927. The van der Waals surface area contributed by atoms with Crippen LogP contribution in [0.1, 0.15) is 25.7 Å². The van der Waals surface area contributed by atoms with E-state index < -0.39 is 24.6 Å². The number of nitrogens with zero attached hydrogens (tertiary/aromatic N) is 2. The van der Waals surface area contributed by atoms with Crippen molar-refractivity contribution in [2.24, 2.45) is 0 Å². The molecular formula is C14H19F3N2O2. The summed E-state index contributed by atoms with van der Waals surface area (Å²) in [6.07, 6.45) is -0.768. The molecule has 7 heteroatoms. The maximum Gasteiger partial charge on any atom is 0.417 e. The summed E-state index contributed by atoms with van der Waals surface area (Å²) in [5.41, 5.74) is -2.64. The Balaban J connectivity index is 1.75. The Labute approximate surface area is 121 Å². The van der Waals surface area contributed by atoms with Crippen molar-refractivity contribution in [3.63, 3.8) is 0 Å². The molecule has 1 N–H and O–H groups in total. The summed E-state index contributed by atoms with van der Waals surface area (Å²) in [6.45, 7) is 0.621. The van der Waals surface area contributed by atoms with Gasteiger partial charge in [-0.05, 0) is 18.6 Å². The van der Waals surface area contributed by atoms with E-state index in [1.807, 2.05) is 29.1 Å². The standard InChI is InChI=1S/C14H19F3N2O2/c15-14(16,17)13(21)5-10-19(11-6-13)12(20)4-3-9-18-7-1-2-8-18/h1-2,7-8,21H,3-6,9-11H2. The molecule has 1 aromatic heterocycles. The Morgan fingerprint density at radius 3 is 2.29 bits per heavy atom. The molecule has 1 aliphatic rings. The molecule has 0 saturated carbocycles. The molecule has 0 aliphatic carbocycles. The van der Waals surface area contributed by atoms with E-state index in [2.05, 4.69) is 0 Å². The number of alkyl halides is 3. The second kappa shape index (κ2) is 6.09. The largest absolute Gasteiger partial charge is 0.417 e. The highest BCUT2D eigenvalue weighted by atomic mass is 19.4. The van der Waals surface area contributed by atoms with Crippen LogP contribution in [0.5, 0.6) is 0 Å². The Kier molecular flexibility index (Phi) is 4.61. The molecule has 1 aliphatic heterocycles. The van der Waals surface area contributed by atoms with Crippen molar-refractivity contribution in [1.29, 1.82) is 0 Å². The van der Waals surface area contributed by atoms with Crippen LogP contribution in [0.4, 0.5) is 13.2 Å². The van der Waals surface area contributed by atoms with Crippen LogP contribution in [0.3, 0.4) is 0 Å². The van der Waals surface area contributed by atoms with E-state index >= 15 is 0 Å². The Morgan fingerprint density at radius 1 is 1.19 bits per heavy atom. The fraction of sp³-hybridized carbons (Fsp3) is 0.643. The number of hydrogen-bond donors (Lipinski definition) is 1. The number of piperidine rings is 1. The van der Waals surface area contributed by atoms with Crippen molar-refractivity contribution >= 4 is 5.91 Å². The van der Waals surface area contributed by atoms with Crippen LogP contribution in [0.15, 0.2) is 24.5 Å². The van der Waals surface area contributed by atoms with E-state index in [9.17, 15) is 23.1 Å². The number of aromatic nitrogens is 1. The topological polar surface area (TPSA) is 45.5 Å². The van der Waals surface area contributed by atoms with Crippen LogP contribution in [-0.4, -0.2) is 45.3 Å². The number of hydrogen-bond acceptors (Lipinski definition) is 2. The fourth-order valence-electron chi connectivity index (χ4n) is 2.50. The third kappa shape index (κ3) is 3.78. The first-order chi connectivity index (χ1) is 9.82. The van der Waals surface area contributed by atoms with Gasteiger partial charge in [0, 0.05) is 51.3 Å². The van der Waals surface area contributed by atoms with E-state index in [1.165, 1.54) is 4.90 Å². The number of rotatable bonds is 4. The highest BCUT2D eigenvalue weighted by Crippen LogP contribution is 2.38. The molecule has 0 bridgehead atoms. The van der Waals surface area contributed by atoms with Gasteiger partial charge in [-0.2, -0.15) is 13.2 Å². The average Bonchev–Trinajstić information content (AvgIpc) is 2.91. The average molecular weight is 304 g/mol. The van der Waals surface area contributed by atoms with Gasteiger partial charge < -0.3 is 14.6 Å². The van der Waals surface area contributed by atoms with Gasteiger partial charge >= 0.3 is 6.18 Å². The number of amides is 1. The Morgan fingerprint density at radius 2 is 1.76 bits per heavy atom. The third-order valence-electron chi connectivity index (χ3n) is 3.94. The zero-order chi connectivity index (χ0) is 15.5. The normalized spacial score (nSPS) is 18.8. The van der Waals surface area contributed by atoms with Gasteiger partial charge in [-0.3, -0.25) is 4.79 Å². The summed E-state index contributed by atoms with van der Waals surface area (Å²) in [4.78, 5) is 13.4. The van der Waals surface area contributed by atoms with Crippen LogP contribution < -0.4 is 0 Å². The molecule has 2 rings (SSSR count). The van der Waals surface area contributed by atoms with Crippen LogP contribution >= 0.6 is 0 Å². The Hall–Kier alpha value is -1.50. The molecule has 1 amide bonds. The van der Waals surface area contributed by atoms with Gasteiger partial charge in [-0.15, -0.1) is 0 Å². The Bertz CT molecular complexity index is 463. The smallest absolute Gasteiger partial charge is 0.380 e. The highest BCUT2D eigenvalue weighted by Gasteiger charge is 2.54. The molecule has 0 unspecified atom stereocenters. The highest BCUT2D eigenvalue weighted by molar-refractivity contribution is 5.76. The number of aryl methyl sites for hydroxylation is 1. The molecule has 1 saturated heterocycles.